The summed E-state index contributed by atoms with van der Waals surface area (Å²) in [5, 5.41) is 3.49. The lowest BCUT2D eigenvalue weighted by molar-refractivity contribution is -0.140. The summed E-state index contributed by atoms with van der Waals surface area (Å²) < 4.78 is 0. The van der Waals surface area contributed by atoms with Gasteiger partial charge in [-0.3, -0.25) is 4.79 Å². The van der Waals surface area contributed by atoms with Gasteiger partial charge in [-0.05, 0) is 49.2 Å². The van der Waals surface area contributed by atoms with E-state index in [0.29, 0.717) is 11.9 Å². The number of piperidine rings is 2. The van der Waals surface area contributed by atoms with Crippen molar-refractivity contribution in [1.29, 1.82) is 0 Å². The Morgan fingerprint density at radius 1 is 1.04 bits per heavy atom. The number of carbonyl (C=O) groups is 1. The first kappa shape index (κ1) is 14.9. The number of rotatable bonds is 4. The first-order valence-corrected chi connectivity index (χ1v) is 9.57. The number of hydrogen-bond donors (Lipinski definition) is 1. The number of nitrogens with zero attached hydrogens (tertiary/aromatic N) is 2. The first-order chi connectivity index (χ1) is 11.8. The quantitative estimate of drug-likeness (QED) is 0.913. The largest absolute Gasteiger partial charge is 0.334 e. The van der Waals surface area contributed by atoms with Crippen LogP contribution in [0.2, 0.25) is 0 Å². The second-order valence-electron chi connectivity index (χ2n) is 8.25. The Morgan fingerprint density at radius 3 is 2.62 bits per heavy atom. The lowest BCUT2D eigenvalue weighted by atomic mass is 9.93. The van der Waals surface area contributed by atoms with E-state index in [1.165, 1.54) is 31.6 Å². The predicted molar refractivity (Wildman–Crippen MR) is 93.3 cm³/mol. The molecule has 1 aromatic carbocycles. The van der Waals surface area contributed by atoms with E-state index in [0.717, 1.165) is 43.8 Å². The SMILES string of the molecule is O=C1[C@@H]2CC[C@@H](CN(CC3[C@H]4CNC[C@@H]34)C2)N1Cc1ccccc1. The molecule has 0 radical (unpaired) electrons. The summed E-state index contributed by atoms with van der Waals surface area (Å²) in [5.41, 5.74) is 1.26. The van der Waals surface area contributed by atoms with Crippen molar-refractivity contribution in [1.82, 2.24) is 15.1 Å². The zero-order chi connectivity index (χ0) is 16.1. The third-order valence-electron chi connectivity index (χ3n) is 6.80. The molecule has 5 fully saturated rings. The number of carbonyl (C=O) groups excluding carboxylic acids is 1. The molecule has 4 heterocycles. The minimum absolute atomic E-state index is 0.226. The standard InChI is InChI=1S/C20H27N3O/c24-20-15-6-7-16(23(20)10-14-4-2-1-3-5-14)12-22(11-15)13-19-17-8-21-9-18(17)19/h1-5,15-19,21H,6-13H2/t15-,16+,17-,18+,19?/m1/s1. The number of fused-ring (bicyclic) bond motifs is 5. The summed E-state index contributed by atoms with van der Waals surface area (Å²) in [7, 11) is 0. The minimum Gasteiger partial charge on any atom is -0.334 e. The summed E-state index contributed by atoms with van der Waals surface area (Å²) >= 11 is 0. The maximum absolute atomic E-state index is 12.9. The molecular formula is C20H27N3O. The molecule has 0 spiro atoms. The Bertz CT molecular complexity index is 609. The molecule has 1 saturated carbocycles. The number of amides is 1. The molecule has 1 aliphatic carbocycles. The minimum atomic E-state index is 0.226. The summed E-state index contributed by atoms with van der Waals surface area (Å²) in [5.74, 6) is 3.35. The van der Waals surface area contributed by atoms with Crippen molar-refractivity contribution in [2.24, 2.45) is 23.7 Å². The Labute approximate surface area is 144 Å². The van der Waals surface area contributed by atoms with E-state index in [1.807, 2.05) is 6.07 Å². The van der Waals surface area contributed by atoms with E-state index >= 15 is 0 Å². The maximum Gasteiger partial charge on any atom is 0.227 e. The van der Waals surface area contributed by atoms with Crippen molar-refractivity contribution in [2.45, 2.75) is 25.4 Å². The number of hydrogen-bond acceptors (Lipinski definition) is 3. The molecule has 1 unspecified atom stereocenters. The third kappa shape index (κ3) is 2.56. The highest BCUT2D eigenvalue weighted by Crippen LogP contribution is 2.49. The van der Waals surface area contributed by atoms with Gasteiger partial charge < -0.3 is 15.1 Å². The molecule has 6 rings (SSSR count). The van der Waals surface area contributed by atoms with E-state index in [4.69, 9.17) is 0 Å². The highest BCUT2D eigenvalue weighted by atomic mass is 16.2. The summed E-state index contributed by atoms with van der Waals surface area (Å²) in [6, 6.07) is 10.9. The first-order valence-electron chi connectivity index (χ1n) is 9.57. The van der Waals surface area contributed by atoms with Gasteiger partial charge >= 0.3 is 0 Å². The molecule has 0 aromatic heterocycles. The Hall–Kier alpha value is -1.39. The number of benzene rings is 1. The van der Waals surface area contributed by atoms with E-state index in [2.05, 4.69) is 39.4 Å². The Balaban J connectivity index is 1.28. The van der Waals surface area contributed by atoms with Gasteiger partial charge in [0.2, 0.25) is 5.91 Å². The molecule has 4 aliphatic heterocycles. The van der Waals surface area contributed by atoms with Crippen molar-refractivity contribution in [3.63, 3.8) is 0 Å². The van der Waals surface area contributed by atoms with Crippen LogP contribution >= 0.6 is 0 Å². The average molecular weight is 325 g/mol. The van der Waals surface area contributed by atoms with Crippen LogP contribution in [-0.2, 0) is 11.3 Å². The summed E-state index contributed by atoms with van der Waals surface area (Å²) in [4.78, 5) is 17.7. The smallest absolute Gasteiger partial charge is 0.227 e. The molecule has 5 atom stereocenters. The van der Waals surface area contributed by atoms with Crippen LogP contribution in [0.1, 0.15) is 18.4 Å². The highest BCUT2D eigenvalue weighted by molar-refractivity contribution is 5.80. The van der Waals surface area contributed by atoms with Crippen LogP contribution in [0.3, 0.4) is 0 Å². The van der Waals surface area contributed by atoms with Crippen LogP contribution in [0.4, 0.5) is 0 Å². The Morgan fingerprint density at radius 2 is 1.83 bits per heavy atom. The van der Waals surface area contributed by atoms with Crippen LogP contribution in [0.15, 0.2) is 30.3 Å². The van der Waals surface area contributed by atoms with Gasteiger partial charge in [-0.1, -0.05) is 30.3 Å². The van der Waals surface area contributed by atoms with Crippen LogP contribution in [-0.4, -0.2) is 54.5 Å². The monoisotopic (exact) mass is 325 g/mol. The van der Waals surface area contributed by atoms with E-state index < -0.39 is 0 Å². The van der Waals surface area contributed by atoms with Crippen molar-refractivity contribution >= 4 is 5.91 Å². The fraction of sp³-hybridized carbons (Fsp3) is 0.650. The van der Waals surface area contributed by atoms with Crippen LogP contribution in [0, 0.1) is 23.7 Å². The van der Waals surface area contributed by atoms with E-state index in [9.17, 15) is 4.79 Å². The maximum atomic E-state index is 12.9. The van der Waals surface area contributed by atoms with Crippen molar-refractivity contribution in [2.75, 3.05) is 32.7 Å². The molecule has 1 N–H and O–H groups in total. The second-order valence-corrected chi connectivity index (χ2v) is 8.25. The molecule has 4 nitrogen and oxygen atoms in total. The van der Waals surface area contributed by atoms with Crippen molar-refractivity contribution in [3.05, 3.63) is 35.9 Å². The van der Waals surface area contributed by atoms with Crippen molar-refractivity contribution in [3.8, 4) is 0 Å². The van der Waals surface area contributed by atoms with Gasteiger partial charge in [0.25, 0.3) is 0 Å². The Kier molecular flexibility index (Phi) is 3.64. The molecule has 4 heteroatoms. The van der Waals surface area contributed by atoms with Crippen LogP contribution < -0.4 is 5.32 Å². The average Bonchev–Trinajstić information content (AvgIpc) is 3.12. The molecule has 4 saturated heterocycles. The van der Waals surface area contributed by atoms with Gasteiger partial charge in [-0.25, -0.2) is 0 Å². The molecule has 1 aromatic rings. The lowest BCUT2D eigenvalue weighted by Gasteiger charge is -2.36. The van der Waals surface area contributed by atoms with Gasteiger partial charge in [0.05, 0.1) is 5.92 Å². The lowest BCUT2D eigenvalue weighted by Crippen LogP contribution is -2.47. The second kappa shape index (κ2) is 5.85. The molecule has 2 bridgehead atoms. The summed E-state index contributed by atoms with van der Waals surface area (Å²) in [6.45, 7) is 6.51. The predicted octanol–water partition coefficient (Wildman–Crippen LogP) is 1.57. The van der Waals surface area contributed by atoms with Gasteiger partial charge in [0, 0.05) is 32.2 Å². The van der Waals surface area contributed by atoms with Crippen LogP contribution in [0.25, 0.3) is 0 Å². The molecular weight excluding hydrogens is 298 g/mol. The topological polar surface area (TPSA) is 35.6 Å². The van der Waals surface area contributed by atoms with E-state index in [-0.39, 0.29) is 5.92 Å². The number of nitrogens with one attached hydrogen (secondary N) is 1. The van der Waals surface area contributed by atoms with Gasteiger partial charge in [-0.15, -0.1) is 0 Å². The summed E-state index contributed by atoms with van der Waals surface area (Å²) in [6.07, 6.45) is 2.27. The van der Waals surface area contributed by atoms with Crippen LogP contribution in [0.5, 0.6) is 0 Å². The zero-order valence-electron chi connectivity index (χ0n) is 14.2. The van der Waals surface area contributed by atoms with E-state index in [1.54, 1.807) is 0 Å². The molecule has 128 valence electrons. The van der Waals surface area contributed by atoms with Crippen molar-refractivity contribution < 1.29 is 4.79 Å². The molecule has 24 heavy (non-hydrogen) atoms. The zero-order valence-corrected chi connectivity index (χ0v) is 14.2. The van der Waals surface area contributed by atoms with Gasteiger partial charge in [0.15, 0.2) is 0 Å². The van der Waals surface area contributed by atoms with Gasteiger partial charge in [0.1, 0.15) is 0 Å². The highest BCUT2D eigenvalue weighted by Gasteiger charge is 2.53. The molecule has 1 amide bonds. The molecule has 5 aliphatic rings. The fourth-order valence-electron chi connectivity index (χ4n) is 5.38. The van der Waals surface area contributed by atoms with Gasteiger partial charge in [-0.2, -0.15) is 0 Å². The normalized spacial score (nSPS) is 38.2. The fourth-order valence-corrected chi connectivity index (χ4v) is 5.38. The third-order valence-corrected chi connectivity index (χ3v) is 6.80.